The first kappa shape index (κ1) is 18.7. The molecule has 2 aliphatic rings. The van der Waals surface area contributed by atoms with Gasteiger partial charge >= 0.3 is 0 Å². The van der Waals surface area contributed by atoms with Gasteiger partial charge in [0.2, 0.25) is 5.95 Å². The van der Waals surface area contributed by atoms with Gasteiger partial charge in [0.05, 0.1) is 19.9 Å². The number of aromatic nitrogens is 4. The third kappa shape index (κ3) is 4.24. The second-order valence-corrected chi connectivity index (χ2v) is 7.26. The first-order valence-corrected chi connectivity index (χ1v) is 9.81. The zero-order chi connectivity index (χ0) is 19.3. The highest BCUT2D eigenvalue weighted by Crippen LogP contribution is 2.31. The van der Waals surface area contributed by atoms with E-state index in [2.05, 4.69) is 35.5 Å². The van der Waals surface area contributed by atoms with Crippen LogP contribution in [0.15, 0.2) is 18.5 Å². The average Bonchev–Trinajstić information content (AvgIpc) is 3.13. The van der Waals surface area contributed by atoms with E-state index in [-0.39, 0.29) is 0 Å². The molecule has 0 amide bonds. The van der Waals surface area contributed by atoms with Gasteiger partial charge in [-0.3, -0.25) is 4.90 Å². The fourth-order valence-corrected chi connectivity index (χ4v) is 3.61. The minimum Gasteiger partial charge on any atom is -0.477 e. The molecule has 2 aromatic heterocycles. The SMILES string of the molecule is CNc1ccnc(Nc2cnc(OC)c(OC[C@@H]3CCN(C4CCC4)C3)n2)n1. The number of nitrogens with zero attached hydrogens (tertiary/aromatic N) is 5. The number of hydrogen-bond donors (Lipinski definition) is 2. The van der Waals surface area contributed by atoms with E-state index in [0.717, 1.165) is 19.0 Å². The molecule has 3 heterocycles. The van der Waals surface area contributed by atoms with Crippen LogP contribution in [-0.2, 0) is 0 Å². The van der Waals surface area contributed by atoms with Gasteiger partial charge in [-0.1, -0.05) is 6.42 Å². The van der Waals surface area contributed by atoms with Crippen LogP contribution in [0, 0.1) is 5.92 Å². The van der Waals surface area contributed by atoms with Crippen molar-refractivity contribution >= 4 is 17.6 Å². The molecule has 2 N–H and O–H groups in total. The van der Waals surface area contributed by atoms with Crippen LogP contribution in [0.2, 0.25) is 0 Å². The maximum Gasteiger partial charge on any atom is 0.280 e. The van der Waals surface area contributed by atoms with E-state index in [4.69, 9.17) is 9.47 Å². The Kier molecular flexibility index (Phi) is 5.70. The number of rotatable bonds is 8. The van der Waals surface area contributed by atoms with Gasteiger partial charge in [-0.05, 0) is 31.9 Å². The summed E-state index contributed by atoms with van der Waals surface area (Å²) in [4.78, 5) is 19.9. The largest absolute Gasteiger partial charge is 0.477 e. The number of ether oxygens (including phenoxy) is 2. The summed E-state index contributed by atoms with van der Waals surface area (Å²) in [7, 11) is 3.37. The molecule has 150 valence electrons. The summed E-state index contributed by atoms with van der Waals surface area (Å²) in [6.45, 7) is 2.88. The summed E-state index contributed by atoms with van der Waals surface area (Å²) in [5.41, 5.74) is 0. The van der Waals surface area contributed by atoms with Crippen LogP contribution in [0.3, 0.4) is 0 Å². The Bertz CT molecular complexity index is 800. The lowest BCUT2D eigenvalue weighted by Gasteiger charge is -2.34. The van der Waals surface area contributed by atoms with Crippen LogP contribution in [0.4, 0.5) is 17.6 Å². The fourth-order valence-electron chi connectivity index (χ4n) is 3.61. The van der Waals surface area contributed by atoms with Crippen LogP contribution < -0.4 is 20.1 Å². The standard InChI is InChI=1S/C19H27N7O2/c1-20-15-6-8-21-19(24-15)25-16-10-22-17(27-2)18(23-16)28-12-13-7-9-26(11-13)14-4-3-5-14/h6,8,10,13-14H,3-5,7,9,11-12H2,1-2H3,(H2,20,21,23,24,25)/t13-/m1/s1. The van der Waals surface area contributed by atoms with Gasteiger partial charge in [-0.25, -0.2) is 9.97 Å². The number of hydrogen-bond acceptors (Lipinski definition) is 9. The predicted octanol–water partition coefficient (Wildman–Crippen LogP) is 2.31. The average molecular weight is 385 g/mol. The third-order valence-electron chi connectivity index (χ3n) is 5.42. The van der Waals surface area contributed by atoms with Gasteiger partial charge in [0, 0.05) is 31.7 Å². The van der Waals surface area contributed by atoms with Crippen LogP contribution >= 0.6 is 0 Å². The van der Waals surface area contributed by atoms with E-state index in [1.807, 2.05) is 0 Å². The van der Waals surface area contributed by atoms with Crippen molar-refractivity contribution in [3.8, 4) is 11.8 Å². The monoisotopic (exact) mass is 385 g/mol. The summed E-state index contributed by atoms with van der Waals surface area (Å²) < 4.78 is 11.3. The van der Waals surface area contributed by atoms with Gasteiger partial charge in [0.15, 0.2) is 5.82 Å². The highest BCUT2D eigenvalue weighted by atomic mass is 16.5. The summed E-state index contributed by atoms with van der Waals surface area (Å²) in [5.74, 6) is 2.94. The van der Waals surface area contributed by atoms with E-state index in [1.54, 1.807) is 32.6 Å². The molecule has 1 saturated carbocycles. The normalized spacial score (nSPS) is 19.9. The summed E-state index contributed by atoms with van der Waals surface area (Å²) in [6.07, 6.45) is 8.47. The van der Waals surface area contributed by atoms with E-state index >= 15 is 0 Å². The van der Waals surface area contributed by atoms with Crippen molar-refractivity contribution in [2.75, 3.05) is 44.5 Å². The lowest BCUT2D eigenvalue weighted by Crippen LogP contribution is -2.38. The molecule has 1 saturated heterocycles. The number of likely N-dealkylation sites (tertiary alicyclic amines) is 1. The Morgan fingerprint density at radius 1 is 1.14 bits per heavy atom. The number of nitrogens with one attached hydrogen (secondary N) is 2. The Morgan fingerprint density at radius 3 is 2.79 bits per heavy atom. The zero-order valence-corrected chi connectivity index (χ0v) is 16.4. The molecule has 9 heteroatoms. The van der Waals surface area contributed by atoms with Crippen molar-refractivity contribution in [1.82, 2.24) is 24.8 Å². The summed E-state index contributed by atoms with van der Waals surface area (Å²) >= 11 is 0. The lowest BCUT2D eigenvalue weighted by molar-refractivity contribution is 0.145. The maximum absolute atomic E-state index is 6.00. The van der Waals surface area contributed by atoms with Crippen molar-refractivity contribution in [2.24, 2.45) is 5.92 Å². The van der Waals surface area contributed by atoms with Gasteiger partial charge in [0.1, 0.15) is 5.82 Å². The second kappa shape index (κ2) is 8.55. The quantitative estimate of drug-likeness (QED) is 0.709. The highest BCUT2D eigenvalue weighted by molar-refractivity contribution is 5.50. The van der Waals surface area contributed by atoms with E-state index < -0.39 is 0 Å². The van der Waals surface area contributed by atoms with Gasteiger partial charge < -0.3 is 20.1 Å². The molecular weight excluding hydrogens is 358 g/mol. The lowest BCUT2D eigenvalue weighted by atomic mass is 9.92. The molecular formula is C19H27N7O2. The van der Waals surface area contributed by atoms with Crippen LogP contribution in [-0.4, -0.2) is 64.7 Å². The first-order valence-electron chi connectivity index (χ1n) is 9.81. The minimum atomic E-state index is 0.379. The van der Waals surface area contributed by atoms with Crippen LogP contribution in [0.5, 0.6) is 11.8 Å². The molecule has 1 aliphatic heterocycles. The van der Waals surface area contributed by atoms with E-state index in [0.29, 0.717) is 41.9 Å². The van der Waals surface area contributed by atoms with Crippen molar-refractivity contribution < 1.29 is 9.47 Å². The molecule has 0 radical (unpaired) electrons. The van der Waals surface area contributed by atoms with Gasteiger partial charge in [0.25, 0.3) is 11.8 Å². The molecule has 0 unspecified atom stereocenters. The summed E-state index contributed by atoms with van der Waals surface area (Å²) in [6, 6.07) is 2.58. The molecule has 28 heavy (non-hydrogen) atoms. The molecule has 0 aromatic carbocycles. The van der Waals surface area contributed by atoms with Crippen molar-refractivity contribution in [3.05, 3.63) is 18.5 Å². The Balaban J connectivity index is 1.39. The van der Waals surface area contributed by atoms with Crippen LogP contribution in [0.25, 0.3) is 0 Å². The number of methoxy groups -OCH3 is 1. The Hall–Kier alpha value is -2.68. The molecule has 4 rings (SSSR count). The molecule has 0 spiro atoms. The molecule has 2 fully saturated rings. The molecule has 9 nitrogen and oxygen atoms in total. The van der Waals surface area contributed by atoms with E-state index in [9.17, 15) is 0 Å². The second-order valence-electron chi connectivity index (χ2n) is 7.26. The molecule has 2 aromatic rings. The minimum absolute atomic E-state index is 0.379. The molecule has 1 atom stereocenters. The van der Waals surface area contributed by atoms with Crippen LogP contribution in [0.1, 0.15) is 25.7 Å². The number of anilines is 3. The van der Waals surface area contributed by atoms with Crippen molar-refractivity contribution in [2.45, 2.75) is 31.7 Å². The molecule has 0 bridgehead atoms. The first-order chi connectivity index (χ1) is 13.7. The summed E-state index contributed by atoms with van der Waals surface area (Å²) in [5, 5.41) is 6.03. The van der Waals surface area contributed by atoms with Gasteiger partial charge in [-0.15, -0.1) is 0 Å². The predicted molar refractivity (Wildman–Crippen MR) is 106 cm³/mol. The Morgan fingerprint density at radius 2 is 2.04 bits per heavy atom. The smallest absolute Gasteiger partial charge is 0.280 e. The zero-order valence-electron chi connectivity index (χ0n) is 16.4. The maximum atomic E-state index is 6.00. The van der Waals surface area contributed by atoms with Crippen molar-refractivity contribution in [1.29, 1.82) is 0 Å². The highest BCUT2D eigenvalue weighted by Gasteiger charge is 2.31. The topological polar surface area (TPSA) is 97.3 Å². The molecule has 1 aliphatic carbocycles. The Labute approximate surface area is 164 Å². The third-order valence-corrected chi connectivity index (χ3v) is 5.42. The van der Waals surface area contributed by atoms with Gasteiger partial charge in [-0.2, -0.15) is 9.97 Å². The fraction of sp³-hybridized carbons (Fsp3) is 0.579. The van der Waals surface area contributed by atoms with Crippen molar-refractivity contribution in [3.63, 3.8) is 0 Å². The van der Waals surface area contributed by atoms with E-state index in [1.165, 1.54) is 25.8 Å².